The number of ether oxygens (including phenoxy) is 1. The van der Waals surface area contributed by atoms with E-state index in [2.05, 4.69) is 34.5 Å². The Balaban J connectivity index is 1.57. The van der Waals surface area contributed by atoms with Gasteiger partial charge in [0.15, 0.2) is 0 Å². The Morgan fingerprint density at radius 3 is 2.80 bits per heavy atom. The molecule has 0 radical (unpaired) electrons. The van der Waals surface area contributed by atoms with Crippen LogP contribution in [0.25, 0.3) is 0 Å². The lowest BCUT2D eigenvalue weighted by Crippen LogP contribution is -2.38. The molecule has 0 aliphatic carbocycles. The summed E-state index contributed by atoms with van der Waals surface area (Å²) < 4.78 is 5.29. The van der Waals surface area contributed by atoms with Gasteiger partial charge in [-0.3, -0.25) is 0 Å². The first-order valence-electron chi connectivity index (χ1n) is 7.91. The van der Waals surface area contributed by atoms with Gasteiger partial charge in [0, 0.05) is 38.4 Å². The minimum absolute atomic E-state index is 0.700. The van der Waals surface area contributed by atoms with Gasteiger partial charge in [-0.15, -0.1) is 0 Å². The van der Waals surface area contributed by atoms with Crippen LogP contribution in [-0.2, 0) is 4.74 Å². The van der Waals surface area contributed by atoms with Crippen molar-refractivity contribution in [3.8, 4) is 0 Å². The summed E-state index contributed by atoms with van der Waals surface area (Å²) >= 11 is 0. The van der Waals surface area contributed by atoms with Gasteiger partial charge >= 0.3 is 0 Å². The van der Waals surface area contributed by atoms with Gasteiger partial charge in [-0.1, -0.05) is 18.2 Å². The molecule has 0 bridgehead atoms. The summed E-state index contributed by atoms with van der Waals surface area (Å²) in [5.41, 5.74) is 2.86. The molecule has 2 aliphatic heterocycles. The van der Waals surface area contributed by atoms with Crippen molar-refractivity contribution >= 4 is 5.69 Å². The second kappa shape index (κ2) is 6.59. The van der Waals surface area contributed by atoms with E-state index in [1.165, 1.54) is 50.1 Å². The number of nitrogens with zero attached hydrogens (tertiary/aromatic N) is 1. The molecular weight excluding hydrogens is 248 g/mol. The highest BCUT2D eigenvalue weighted by Gasteiger charge is 2.25. The van der Waals surface area contributed by atoms with Gasteiger partial charge < -0.3 is 15.0 Å². The summed E-state index contributed by atoms with van der Waals surface area (Å²) in [6.45, 7) is 5.74. The fourth-order valence-corrected chi connectivity index (χ4v) is 3.62. The third kappa shape index (κ3) is 3.15. The van der Waals surface area contributed by atoms with E-state index in [4.69, 9.17) is 4.74 Å². The standard InChI is InChI=1S/C17H26N2O/c1-20-13-14-7-10-19(11-8-14)12-15-6-9-18-17-5-3-2-4-16(15)17/h2-5,14-15,18H,6-13H2,1H3. The Bertz CT molecular complexity index is 427. The van der Waals surface area contributed by atoms with Crippen LogP contribution in [0.1, 0.15) is 30.7 Å². The van der Waals surface area contributed by atoms with Crippen LogP contribution < -0.4 is 5.32 Å². The first kappa shape index (κ1) is 13.9. The summed E-state index contributed by atoms with van der Waals surface area (Å²) in [5, 5.41) is 3.52. The number of fused-ring (bicyclic) bond motifs is 1. The third-order valence-electron chi connectivity index (χ3n) is 4.80. The van der Waals surface area contributed by atoms with Crippen molar-refractivity contribution in [2.45, 2.75) is 25.2 Å². The molecule has 0 spiro atoms. The molecule has 3 rings (SSSR count). The Morgan fingerprint density at radius 2 is 2.00 bits per heavy atom. The molecule has 1 N–H and O–H groups in total. The van der Waals surface area contributed by atoms with Gasteiger partial charge in [0.2, 0.25) is 0 Å². The molecule has 1 saturated heterocycles. The number of rotatable bonds is 4. The first-order chi connectivity index (χ1) is 9.86. The van der Waals surface area contributed by atoms with E-state index in [0.29, 0.717) is 5.92 Å². The second-order valence-electron chi connectivity index (χ2n) is 6.20. The molecule has 1 aromatic rings. The fourth-order valence-electron chi connectivity index (χ4n) is 3.62. The number of likely N-dealkylation sites (tertiary alicyclic amines) is 1. The fraction of sp³-hybridized carbons (Fsp3) is 0.647. The SMILES string of the molecule is COCC1CCN(CC2CCNc3ccccc32)CC1. The van der Waals surface area contributed by atoms with Crippen LogP contribution in [0.3, 0.4) is 0 Å². The summed E-state index contributed by atoms with van der Waals surface area (Å²) in [5.74, 6) is 1.47. The Labute approximate surface area is 122 Å². The largest absolute Gasteiger partial charge is 0.385 e. The molecule has 110 valence electrons. The topological polar surface area (TPSA) is 24.5 Å². The number of hydrogen-bond donors (Lipinski definition) is 1. The maximum atomic E-state index is 5.29. The van der Waals surface area contributed by atoms with Crippen molar-refractivity contribution in [3.63, 3.8) is 0 Å². The lowest BCUT2D eigenvalue weighted by molar-refractivity contribution is 0.0965. The minimum atomic E-state index is 0.700. The van der Waals surface area contributed by atoms with Gasteiger partial charge in [0.1, 0.15) is 0 Å². The van der Waals surface area contributed by atoms with Crippen LogP contribution in [0.15, 0.2) is 24.3 Å². The molecule has 3 nitrogen and oxygen atoms in total. The maximum absolute atomic E-state index is 5.29. The average molecular weight is 274 g/mol. The highest BCUT2D eigenvalue weighted by molar-refractivity contribution is 5.54. The maximum Gasteiger partial charge on any atom is 0.0491 e. The summed E-state index contributed by atoms with van der Waals surface area (Å²) in [7, 11) is 1.82. The molecule has 0 aromatic heterocycles. The number of methoxy groups -OCH3 is 1. The van der Waals surface area contributed by atoms with Crippen molar-refractivity contribution in [1.82, 2.24) is 4.90 Å². The second-order valence-corrected chi connectivity index (χ2v) is 6.20. The molecule has 1 fully saturated rings. The average Bonchev–Trinajstić information content (AvgIpc) is 2.50. The zero-order chi connectivity index (χ0) is 13.8. The molecule has 2 heterocycles. The zero-order valence-electron chi connectivity index (χ0n) is 12.5. The Hall–Kier alpha value is -1.06. The van der Waals surface area contributed by atoms with Crippen molar-refractivity contribution in [3.05, 3.63) is 29.8 Å². The normalized spacial score (nSPS) is 24.1. The van der Waals surface area contributed by atoms with Crippen LogP contribution in [0, 0.1) is 5.92 Å². The predicted molar refractivity (Wildman–Crippen MR) is 83.3 cm³/mol. The van der Waals surface area contributed by atoms with Gasteiger partial charge in [0.25, 0.3) is 0 Å². The van der Waals surface area contributed by atoms with Crippen molar-refractivity contribution in [2.24, 2.45) is 5.92 Å². The number of hydrogen-bond acceptors (Lipinski definition) is 3. The van der Waals surface area contributed by atoms with Gasteiger partial charge in [-0.2, -0.15) is 0 Å². The van der Waals surface area contributed by atoms with Crippen molar-refractivity contribution in [1.29, 1.82) is 0 Å². The number of benzene rings is 1. The number of nitrogens with one attached hydrogen (secondary N) is 1. The smallest absolute Gasteiger partial charge is 0.0491 e. The summed E-state index contributed by atoms with van der Waals surface area (Å²) in [4.78, 5) is 2.65. The molecule has 0 amide bonds. The van der Waals surface area contributed by atoms with Crippen LogP contribution in [0.5, 0.6) is 0 Å². The van der Waals surface area contributed by atoms with Crippen LogP contribution >= 0.6 is 0 Å². The zero-order valence-corrected chi connectivity index (χ0v) is 12.5. The van der Waals surface area contributed by atoms with E-state index in [1.54, 1.807) is 0 Å². The van der Waals surface area contributed by atoms with Crippen LogP contribution in [-0.4, -0.2) is 44.8 Å². The van der Waals surface area contributed by atoms with Gasteiger partial charge in [-0.05, 0) is 49.9 Å². The Morgan fingerprint density at radius 1 is 1.20 bits per heavy atom. The van der Waals surface area contributed by atoms with E-state index in [0.717, 1.165) is 19.1 Å². The molecule has 1 aromatic carbocycles. The van der Waals surface area contributed by atoms with Crippen LogP contribution in [0.2, 0.25) is 0 Å². The lowest BCUT2D eigenvalue weighted by Gasteiger charge is -2.36. The highest BCUT2D eigenvalue weighted by Crippen LogP contribution is 2.32. The Kier molecular flexibility index (Phi) is 4.58. The molecule has 0 saturated carbocycles. The first-order valence-corrected chi connectivity index (χ1v) is 7.91. The quantitative estimate of drug-likeness (QED) is 0.913. The minimum Gasteiger partial charge on any atom is -0.385 e. The van der Waals surface area contributed by atoms with Crippen molar-refractivity contribution < 1.29 is 4.74 Å². The lowest BCUT2D eigenvalue weighted by atomic mass is 9.89. The summed E-state index contributed by atoms with van der Waals surface area (Å²) in [6.07, 6.45) is 3.84. The number of anilines is 1. The van der Waals surface area contributed by atoms with E-state index < -0.39 is 0 Å². The van der Waals surface area contributed by atoms with Crippen LogP contribution in [0.4, 0.5) is 5.69 Å². The van der Waals surface area contributed by atoms with Gasteiger partial charge in [-0.25, -0.2) is 0 Å². The molecular formula is C17H26N2O. The van der Waals surface area contributed by atoms with E-state index >= 15 is 0 Å². The highest BCUT2D eigenvalue weighted by atomic mass is 16.5. The van der Waals surface area contributed by atoms with E-state index in [1.807, 2.05) is 7.11 Å². The van der Waals surface area contributed by atoms with Crippen molar-refractivity contribution in [2.75, 3.05) is 45.2 Å². The monoisotopic (exact) mass is 274 g/mol. The molecule has 20 heavy (non-hydrogen) atoms. The molecule has 3 heteroatoms. The molecule has 1 unspecified atom stereocenters. The molecule has 2 aliphatic rings. The summed E-state index contributed by atoms with van der Waals surface area (Å²) in [6, 6.07) is 8.81. The number of para-hydroxylation sites is 1. The number of piperidine rings is 1. The third-order valence-corrected chi connectivity index (χ3v) is 4.80. The van der Waals surface area contributed by atoms with E-state index in [-0.39, 0.29) is 0 Å². The van der Waals surface area contributed by atoms with E-state index in [9.17, 15) is 0 Å². The molecule has 1 atom stereocenters. The predicted octanol–water partition coefficient (Wildman–Crippen LogP) is 2.94. The van der Waals surface area contributed by atoms with Gasteiger partial charge in [0.05, 0.1) is 0 Å².